The topological polar surface area (TPSA) is 37.4 Å². The van der Waals surface area contributed by atoms with Crippen LogP contribution in [0.15, 0.2) is 30.5 Å². The SMILES string of the molecule is CC(C)Nc1cccc2c(N3CCOCC3)nccc12. The number of ether oxygens (including phenoxy) is 1. The number of nitrogens with one attached hydrogen (secondary N) is 1. The maximum atomic E-state index is 5.43. The maximum Gasteiger partial charge on any atom is 0.136 e. The Bertz CT molecular complexity index is 591. The zero-order valence-corrected chi connectivity index (χ0v) is 12.1. The molecule has 0 saturated carbocycles. The predicted molar refractivity (Wildman–Crippen MR) is 83.5 cm³/mol. The molecule has 0 aliphatic carbocycles. The molecule has 106 valence electrons. The van der Waals surface area contributed by atoms with E-state index in [0.717, 1.165) is 32.1 Å². The number of aromatic nitrogens is 1. The molecule has 1 aromatic heterocycles. The highest BCUT2D eigenvalue weighted by atomic mass is 16.5. The normalized spacial score (nSPS) is 15.8. The van der Waals surface area contributed by atoms with Gasteiger partial charge in [0.25, 0.3) is 0 Å². The number of pyridine rings is 1. The minimum Gasteiger partial charge on any atom is -0.382 e. The van der Waals surface area contributed by atoms with Crippen LogP contribution in [0.25, 0.3) is 10.8 Å². The van der Waals surface area contributed by atoms with Crippen molar-refractivity contribution in [2.75, 3.05) is 36.5 Å². The molecule has 1 fully saturated rings. The molecule has 1 saturated heterocycles. The van der Waals surface area contributed by atoms with Gasteiger partial charge in [-0.1, -0.05) is 12.1 Å². The minimum atomic E-state index is 0.417. The first-order valence-corrected chi connectivity index (χ1v) is 7.22. The van der Waals surface area contributed by atoms with Crippen molar-refractivity contribution in [3.63, 3.8) is 0 Å². The number of hydrogen-bond donors (Lipinski definition) is 1. The van der Waals surface area contributed by atoms with Gasteiger partial charge in [-0.2, -0.15) is 0 Å². The van der Waals surface area contributed by atoms with Gasteiger partial charge in [-0.25, -0.2) is 4.98 Å². The van der Waals surface area contributed by atoms with Crippen molar-refractivity contribution >= 4 is 22.3 Å². The van der Waals surface area contributed by atoms with E-state index in [0.29, 0.717) is 6.04 Å². The van der Waals surface area contributed by atoms with Gasteiger partial charge in [0, 0.05) is 41.8 Å². The molecule has 4 nitrogen and oxygen atoms in total. The van der Waals surface area contributed by atoms with Gasteiger partial charge >= 0.3 is 0 Å². The molecule has 0 atom stereocenters. The largest absolute Gasteiger partial charge is 0.382 e. The molecule has 1 N–H and O–H groups in total. The van der Waals surface area contributed by atoms with Gasteiger partial charge in [0.05, 0.1) is 13.2 Å². The molecule has 0 amide bonds. The van der Waals surface area contributed by atoms with E-state index in [1.54, 1.807) is 0 Å². The molecule has 20 heavy (non-hydrogen) atoms. The van der Waals surface area contributed by atoms with Gasteiger partial charge < -0.3 is 15.0 Å². The van der Waals surface area contributed by atoms with E-state index in [4.69, 9.17) is 4.74 Å². The molecule has 2 heterocycles. The lowest BCUT2D eigenvalue weighted by molar-refractivity contribution is 0.122. The summed E-state index contributed by atoms with van der Waals surface area (Å²) in [6.45, 7) is 7.69. The van der Waals surface area contributed by atoms with E-state index in [9.17, 15) is 0 Å². The molecule has 1 aliphatic rings. The van der Waals surface area contributed by atoms with Crippen molar-refractivity contribution in [2.24, 2.45) is 0 Å². The van der Waals surface area contributed by atoms with Crippen LogP contribution in [0.3, 0.4) is 0 Å². The third-order valence-electron chi connectivity index (χ3n) is 3.54. The van der Waals surface area contributed by atoms with E-state index in [1.165, 1.54) is 16.5 Å². The van der Waals surface area contributed by atoms with Crippen LogP contribution in [0.4, 0.5) is 11.5 Å². The second-order valence-corrected chi connectivity index (χ2v) is 5.43. The fourth-order valence-electron chi connectivity index (χ4n) is 2.66. The molecule has 1 aromatic carbocycles. The zero-order chi connectivity index (χ0) is 13.9. The third kappa shape index (κ3) is 2.56. The molecule has 0 unspecified atom stereocenters. The Labute approximate surface area is 119 Å². The molecule has 0 spiro atoms. The van der Waals surface area contributed by atoms with Gasteiger partial charge in [0.2, 0.25) is 0 Å². The van der Waals surface area contributed by atoms with Crippen LogP contribution in [-0.4, -0.2) is 37.3 Å². The van der Waals surface area contributed by atoms with Crippen molar-refractivity contribution in [1.29, 1.82) is 0 Å². The summed E-state index contributed by atoms with van der Waals surface area (Å²) >= 11 is 0. The van der Waals surface area contributed by atoms with Crippen LogP contribution in [-0.2, 0) is 4.74 Å². The molecule has 4 heteroatoms. The van der Waals surface area contributed by atoms with Gasteiger partial charge in [-0.3, -0.25) is 0 Å². The quantitative estimate of drug-likeness (QED) is 0.931. The standard InChI is InChI=1S/C16H21N3O/c1-12(2)18-15-5-3-4-14-13(15)6-7-17-16(14)19-8-10-20-11-9-19/h3-7,12,18H,8-11H2,1-2H3. The van der Waals surface area contributed by atoms with Gasteiger partial charge in [-0.05, 0) is 26.0 Å². The van der Waals surface area contributed by atoms with Gasteiger partial charge in [0.1, 0.15) is 5.82 Å². The Morgan fingerprint density at radius 1 is 1.15 bits per heavy atom. The van der Waals surface area contributed by atoms with Crippen molar-refractivity contribution in [2.45, 2.75) is 19.9 Å². The molecular formula is C16H21N3O. The Kier molecular flexibility index (Phi) is 3.74. The average Bonchev–Trinajstić information content (AvgIpc) is 2.47. The lowest BCUT2D eigenvalue weighted by atomic mass is 10.1. The summed E-state index contributed by atoms with van der Waals surface area (Å²) in [5.41, 5.74) is 1.18. The van der Waals surface area contributed by atoms with Crippen LogP contribution in [0.2, 0.25) is 0 Å². The Morgan fingerprint density at radius 3 is 2.70 bits per heavy atom. The van der Waals surface area contributed by atoms with Crippen LogP contribution < -0.4 is 10.2 Å². The smallest absolute Gasteiger partial charge is 0.136 e. The summed E-state index contributed by atoms with van der Waals surface area (Å²) in [4.78, 5) is 6.90. The number of fused-ring (bicyclic) bond motifs is 1. The molecule has 2 aromatic rings. The van der Waals surface area contributed by atoms with Gasteiger partial charge in [0.15, 0.2) is 0 Å². The summed E-state index contributed by atoms with van der Waals surface area (Å²) in [5.74, 6) is 1.07. The van der Waals surface area contributed by atoms with E-state index in [1.807, 2.05) is 6.20 Å². The van der Waals surface area contributed by atoms with Crippen molar-refractivity contribution in [1.82, 2.24) is 4.98 Å². The number of hydrogen-bond acceptors (Lipinski definition) is 4. The van der Waals surface area contributed by atoms with E-state index in [2.05, 4.69) is 53.3 Å². The summed E-state index contributed by atoms with van der Waals surface area (Å²) in [7, 11) is 0. The molecule has 0 bridgehead atoms. The van der Waals surface area contributed by atoms with Crippen molar-refractivity contribution in [3.8, 4) is 0 Å². The first kappa shape index (κ1) is 13.2. The maximum absolute atomic E-state index is 5.43. The van der Waals surface area contributed by atoms with Crippen molar-refractivity contribution < 1.29 is 4.74 Å². The highest BCUT2D eigenvalue weighted by molar-refractivity contribution is 6.00. The third-order valence-corrected chi connectivity index (χ3v) is 3.54. The zero-order valence-electron chi connectivity index (χ0n) is 12.1. The number of nitrogens with zero attached hydrogens (tertiary/aromatic N) is 2. The number of rotatable bonds is 3. The van der Waals surface area contributed by atoms with Gasteiger partial charge in [-0.15, -0.1) is 0 Å². The lowest BCUT2D eigenvalue weighted by Crippen LogP contribution is -2.36. The minimum absolute atomic E-state index is 0.417. The molecule has 1 aliphatic heterocycles. The lowest BCUT2D eigenvalue weighted by Gasteiger charge is -2.29. The highest BCUT2D eigenvalue weighted by Crippen LogP contribution is 2.30. The fraction of sp³-hybridized carbons (Fsp3) is 0.438. The van der Waals surface area contributed by atoms with Crippen LogP contribution >= 0.6 is 0 Å². The Hall–Kier alpha value is -1.81. The summed E-state index contributed by atoms with van der Waals surface area (Å²) in [6, 6.07) is 8.88. The summed E-state index contributed by atoms with van der Waals surface area (Å²) in [5, 5.41) is 5.95. The fourth-order valence-corrected chi connectivity index (χ4v) is 2.66. The first-order chi connectivity index (χ1) is 9.75. The monoisotopic (exact) mass is 271 g/mol. The Balaban J connectivity index is 2.05. The van der Waals surface area contributed by atoms with Crippen LogP contribution in [0.5, 0.6) is 0 Å². The van der Waals surface area contributed by atoms with Crippen LogP contribution in [0.1, 0.15) is 13.8 Å². The van der Waals surface area contributed by atoms with Crippen molar-refractivity contribution in [3.05, 3.63) is 30.5 Å². The van der Waals surface area contributed by atoms with Crippen LogP contribution in [0, 0.1) is 0 Å². The summed E-state index contributed by atoms with van der Waals surface area (Å²) < 4.78 is 5.43. The highest BCUT2D eigenvalue weighted by Gasteiger charge is 2.15. The second-order valence-electron chi connectivity index (χ2n) is 5.43. The molecule has 0 radical (unpaired) electrons. The number of morpholine rings is 1. The molecule has 3 rings (SSSR count). The number of benzene rings is 1. The van der Waals surface area contributed by atoms with E-state index in [-0.39, 0.29) is 0 Å². The second kappa shape index (κ2) is 5.67. The Morgan fingerprint density at radius 2 is 1.95 bits per heavy atom. The number of anilines is 2. The van der Waals surface area contributed by atoms with E-state index >= 15 is 0 Å². The first-order valence-electron chi connectivity index (χ1n) is 7.22. The average molecular weight is 271 g/mol. The summed E-state index contributed by atoms with van der Waals surface area (Å²) in [6.07, 6.45) is 1.90. The molecular weight excluding hydrogens is 250 g/mol. The predicted octanol–water partition coefficient (Wildman–Crippen LogP) is 2.89. The van der Waals surface area contributed by atoms with E-state index < -0.39 is 0 Å².